The van der Waals surface area contributed by atoms with E-state index in [1.165, 1.54) is 0 Å². The van der Waals surface area contributed by atoms with E-state index in [0.717, 1.165) is 0 Å². The molecule has 0 aliphatic carbocycles. The standard InChI is InChI=1S/C21H12NO/c1-5-7-9-11-13-15-17-19-22(3,21-23-4)20-18-16-14-12-10-8-6-2/h1-2,21H2,3-4H3/q-1. The summed E-state index contributed by atoms with van der Waals surface area (Å²) in [5.74, 6) is 5.33. The van der Waals surface area contributed by atoms with Gasteiger partial charge in [-0.3, -0.25) is 4.48 Å². The normalized spacial score (nSPS) is 8.78. The van der Waals surface area contributed by atoms with Crippen LogP contribution in [0.25, 0.3) is 0 Å². The van der Waals surface area contributed by atoms with Gasteiger partial charge in [-0.2, -0.15) is 23.3 Å². The molecule has 0 radical (unpaired) electrons. The number of quaternary nitrogens is 1. The lowest BCUT2D eigenvalue weighted by Gasteiger charge is -2.25. The van der Waals surface area contributed by atoms with Crippen molar-refractivity contribution in [3.05, 3.63) is 82.6 Å². The first kappa shape index (κ1) is 19.3. The molecule has 23 heavy (non-hydrogen) atoms. The number of nitrogens with zero attached hydrogens (tertiary/aromatic N) is 1. The Morgan fingerprint density at radius 3 is 1.70 bits per heavy atom. The molecule has 0 aromatic carbocycles. The predicted octanol–water partition coefficient (Wildman–Crippen LogP) is 2.49. The summed E-state index contributed by atoms with van der Waals surface area (Å²) < 4.78 is 5.10. The van der Waals surface area contributed by atoms with Crippen LogP contribution in [0.15, 0.2) is 70.5 Å². The first-order valence-electron chi connectivity index (χ1n) is 6.11. The minimum absolute atomic E-state index is 0.0120. The number of hydrogen-bond donors (Lipinski definition) is 0. The molecule has 0 fully saturated rings. The van der Waals surface area contributed by atoms with E-state index in [-0.39, 0.29) is 11.2 Å². The van der Waals surface area contributed by atoms with Crippen molar-refractivity contribution in [2.24, 2.45) is 0 Å². The minimum atomic E-state index is 0.0120. The quantitative estimate of drug-likeness (QED) is 0.250. The predicted molar refractivity (Wildman–Crippen MR) is 86.5 cm³/mol. The van der Waals surface area contributed by atoms with Gasteiger partial charge in [-0.1, -0.05) is 35.1 Å². The van der Waals surface area contributed by atoms with E-state index in [1.807, 2.05) is 0 Å². The fourth-order valence-corrected chi connectivity index (χ4v) is 0.992. The highest BCUT2D eigenvalue weighted by molar-refractivity contribution is 5.10. The highest BCUT2D eigenvalue weighted by Crippen LogP contribution is 1.96. The highest BCUT2D eigenvalue weighted by Gasteiger charge is 2.06. The second-order valence-electron chi connectivity index (χ2n) is 3.69. The maximum atomic E-state index is 5.09. The van der Waals surface area contributed by atoms with E-state index in [0.29, 0.717) is 0 Å². The van der Waals surface area contributed by atoms with Gasteiger partial charge in [0.05, 0.1) is 7.05 Å². The van der Waals surface area contributed by atoms with Crippen LogP contribution in [0.3, 0.4) is 0 Å². The molecular weight excluding hydrogens is 282 g/mol. The average Bonchev–Trinajstić information content (AvgIpc) is 2.53. The van der Waals surface area contributed by atoms with Crippen molar-refractivity contribution >= 4 is 0 Å². The molecule has 0 unspecified atom stereocenters. The number of rotatable bonds is 2. The molecule has 0 spiro atoms. The maximum absolute atomic E-state index is 5.09. The van der Waals surface area contributed by atoms with Gasteiger partial charge in [0.2, 0.25) is 0 Å². The van der Waals surface area contributed by atoms with Gasteiger partial charge in [0.25, 0.3) is 0 Å². The summed E-state index contributed by atoms with van der Waals surface area (Å²) in [4.78, 5) is 0. The summed E-state index contributed by atoms with van der Waals surface area (Å²) in [5, 5.41) is 0. The molecule has 0 aliphatic heterocycles. The zero-order valence-corrected chi connectivity index (χ0v) is 13.0. The van der Waals surface area contributed by atoms with Crippen LogP contribution in [0.1, 0.15) is 0 Å². The van der Waals surface area contributed by atoms with Gasteiger partial charge in [0.15, 0.2) is 6.73 Å². The maximum Gasteiger partial charge on any atom is 0.186 e. The molecule has 0 aromatic rings. The summed E-state index contributed by atoms with van der Waals surface area (Å²) >= 11 is 0. The molecule has 0 N–H and O–H groups in total. The van der Waals surface area contributed by atoms with Crippen molar-refractivity contribution in [3.63, 3.8) is 0 Å². The Bertz CT molecular complexity index is 864. The van der Waals surface area contributed by atoms with E-state index in [1.54, 1.807) is 14.2 Å². The lowest BCUT2D eigenvalue weighted by molar-refractivity contribution is -0.796. The second kappa shape index (κ2) is 13.3. The summed E-state index contributed by atoms with van der Waals surface area (Å²) in [6, 6.07) is 5.73. The molecule has 0 atom stereocenters. The Kier molecular flexibility index (Phi) is 11.2. The lowest BCUT2D eigenvalue weighted by atomic mass is 10.5. The van der Waals surface area contributed by atoms with Gasteiger partial charge in [-0.05, 0) is 36.7 Å². The zero-order chi connectivity index (χ0) is 17.2. The molecule has 0 rings (SSSR count). The number of hydrogen-bond acceptors (Lipinski definition) is 1. The van der Waals surface area contributed by atoms with E-state index in [2.05, 4.69) is 107 Å². The van der Waals surface area contributed by atoms with Crippen molar-refractivity contribution in [1.82, 2.24) is 0 Å². The SMILES string of the molecule is C=C=C=C=C=C=[C-]C#C[N+](C)(C#C[C-]=C=C=C=C=C=C)COC. The molecular formula is C21H12NO-. The molecule has 0 saturated heterocycles. The summed E-state index contributed by atoms with van der Waals surface area (Å²) in [6.07, 6.45) is 5.18. The lowest BCUT2D eigenvalue weighted by Crippen LogP contribution is -2.35. The topological polar surface area (TPSA) is 9.23 Å². The number of methoxy groups -OCH3 is 1. The van der Waals surface area contributed by atoms with Crippen molar-refractivity contribution in [2.45, 2.75) is 0 Å². The largest absolute Gasteiger partial charge is 0.335 e. The first-order chi connectivity index (χ1) is 11.2. The van der Waals surface area contributed by atoms with Crippen molar-refractivity contribution < 1.29 is 9.22 Å². The Hall–Kier alpha value is -3.68. The van der Waals surface area contributed by atoms with Crippen molar-refractivity contribution in [1.29, 1.82) is 0 Å². The summed E-state index contributed by atoms with van der Waals surface area (Å²) in [6.45, 7) is 6.92. The minimum Gasteiger partial charge on any atom is -0.335 e. The Labute approximate surface area is 137 Å². The monoisotopic (exact) mass is 294 g/mol. The number of allylic oxidation sites excluding steroid dienone is 2. The highest BCUT2D eigenvalue weighted by atomic mass is 16.5. The Balaban J connectivity index is 5.48. The third-order valence-electron chi connectivity index (χ3n) is 1.79. The summed E-state index contributed by atoms with van der Waals surface area (Å²) in [7, 11) is 3.33. The zero-order valence-electron chi connectivity index (χ0n) is 13.0. The first-order valence-corrected chi connectivity index (χ1v) is 6.11. The van der Waals surface area contributed by atoms with Gasteiger partial charge in [0.1, 0.15) is 0 Å². The van der Waals surface area contributed by atoms with Crippen LogP contribution in [-0.2, 0) is 4.74 Å². The third-order valence-corrected chi connectivity index (χ3v) is 1.79. The number of ether oxygens (including phenoxy) is 1. The third kappa shape index (κ3) is 11.8. The van der Waals surface area contributed by atoms with Crippen LogP contribution in [0.4, 0.5) is 0 Å². The van der Waals surface area contributed by atoms with E-state index in [9.17, 15) is 0 Å². The molecule has 0 saturated carbocycles. The second-order valence-corrected chi connectivity index (χ2v) is 3.69. The Morgan fingerprint density at radius 1 is 0.826 bits per heavy atom. The average molecular weight is 294 g/mol. The van der Waals surface area contributed by atoms with Crippen molar-refractivity contribution in [3.8, 4) is 23.9 Å². The van der Waals surface area contributed by atoms with Crippen LogP contribution < -0.4 is 0 Å². The fraction of sp³-hybridized carbons (Fsp3) is 0.143. The fourth-order valence-electron chi connectivity index (χ4n) is 0.992. The van der Waals surface area contributed by atoms with E-state index >= 15 is 0 Å². The van der Waals surface area contributed by atoms with Gasteiger partial charge < -0.3 is 4.74 Å². The molecule has 0 heterocycles. The van der Waals surface area contributed by atoms with Gasteiger partial charge >= 0.3 is 0 Å². The van der Waals surface area contributed by atoms with Crippen LogP contribution in [0.5, 0.6) is 0 Å². The molecule has 2 heteroatoms. The van der Waals surface area contributed by atoms with Gasteiger partial charge in [-0.15, -0.1) is 0 Å². The van der Waals surface area contributed by atoms with Crippen LogP contribution in [0, 0.1) is 36.1 Å². The van der Waals surface area contributed by atoms with Gasteiger partial charge in [-0.25, -0.2) is 11.5 Å². The van der Waals surface area contributed by atoms with E-state index < -0.39 is 0 Å². The molecule has 108 valence electrons. The molecule has 2 nitrogen and oxygen atoms in total. The molecule has 0 aliphatic rings. The van der Waals surface area contributed by atoms with Crippen LogP contribution in [0.2, 0.25) is 0 Å². The van der Waals surface area contributed by atoms with Crippen LogP contribution >= 0.6 is 0 Å². The van der Waals surface area contributed by atoms with Gasteiger partial charge in [0, 0.05) is 7.11 Å². The molecule has 0 aromatic heterocycles. The Morgan fingerprint density at radius 2 is 1.30 bits per heavy atom. The van der Waals surface area contributed by atoms with Crippen LogP contribution in [-0.4, -0.2) is 25.4 Å². The van der Waals surface area contributed by atoms with E-state index in [4.69, 9.17) is 4.74 Å². The smallest absolute Gasteiger partial charge is 0.186 e. The summed E-state index contributed by atoms with van der Waals surface area (Å²) in [5.41, 5.74) is 24.9. The van der Waals surface area contributed by atoms with Crippen molar-refractivity contribution in [2.75, 3.05) is 20.9 Å². The molecule has 0 amide bonds. The molecule has 0 bridgehead atoms.